The van der Waals surface area contributed by atoms with E-state index in [4.69, 9.17) is 4.74 Å². The minimum Gasteiger partial charge on any atom is -0.452 e. The van der Waals surface area contributed by atoms with Crippen LogP contribution in [0.5, 0.6) is 5.75 Å². The number of carbonyl (C=O) groups is 2. The Hall–Kier alpha value is -2.96. The van der Waals surface area contributed by atoms with Crippen LogP contribution in [0, 0.1) is 6.92 Å². The van der Waals surface area contributed by atoms with E-state index in [-0.39, 0.29) is 24.8 Å². The third-order valence-electron chi connectivity index (χ3n) is 3.57. The van der Waals surface area contributed by atoms with Gasteiger partial charge in [-0.1, -0.05) is 29.8 Å². The Morgan fingerprint density at radius 3 is 2.42 bits per heavy atom. The zero-order chi connectivity index (χ0) is 19.1. The molecule has 0 aliphatic carbocycles. The lowest BCUT2D eigenvalue weighted by Crippen LogP contribution is -2.30. The van der Waals surface area contributed by atoms with E-state index in [9.17, 15) is 18.4 Å². The lowest BCUT2D eigenvalue weighted by Gasteiger charge is -2.17. The molecule has 0 heterocycles. The number of alkyl halides is 2. The van der Waals surface area contributed by atoms with Crippen LogP contribution < -0.4 is 4.74 Å². The molecule has 0 bridgehead atoms. The van der Waals surface area contributed by atoms with Crippen molar-refractivity contribution in [1.82, 2.24) is 4.90 Å². The highest BCUT2D eigenvalue weighted by atomic mass is 19.3. The Morgan fingerprint density at radius 1 is 1.12 bits per heavy atom. The number of rotatable bonds is 7. The Balaban J connectivity index is 1.84. The molecule has 0 radical (unpaired) electrons. The molecular weight excluding hydrogens is 344 g/mol. The Morgan fingerprint density at radius 2 is 1.81 bits per heavy atom. The Labute approximate surface area is 150 Å². The van der Waals surface area contributed by atoms with Gasteiger partial charge in [-0.3, -0.25) is 4.79 Å². The Bertz CT molecular complexity index is 762. The van der Waals surface area contributed by atoms with E-state index in [0.717, 1.165) is 11.1 Å². The predicted molar refractivity (Wildman–Crippen MR) is 91.0 cm³/mol. The maximum atomic E-state index is 12.1. The van der Waals surface area contributed by atoms with E-state index in [0.29, 0.717) is 5.56 Å². The fraction of sp³-hybridized carbons (Fsp3) is 0.263. The van der Waals surface area contributed by atoms with Gasteiger partial charge >= 0.3 is 12.6 Å². The highest BCUT2D eigenvalue weighted by Gasteiger charge is 2.14. The van der Waals surface area contributed by atoms with Crippen molar-refractivity contribution in [2.24, 2.45) is 0 Å². The fourth-order valence-corrected chi connectivity index (χ4v) is 2.23. The van der Waals surface area contributed by atoms with Gasteiger partial charge in [0.1, 0.15) is 5.75 Å². The van der Waals surface area contributed by atoms with Gasteiger partial charge in [-0.05, 0) is 36.8 Å². The molecule has 0 saturated heterocycles. The highest BCUT2D eigenvalue weighted by molar-refractivity contribution is 5.91. The van der Waals surface area contributed by atoms with Crippen molar-refractivity contribution in [1.29, 1.82) is 0 Å². The van der Waals surface area contributed by atoms with Gasteiger partial charge in [-0.25, -0.2) is 4.79 Å². The summed E-state index contributed by atoms with van der Waals surface area (Å²) in [7, 11) is 1.56. The molecule has 0 aliphatic heterocycles. The van der Waals surface area contributed by atoms with Crippen LogP contribution >= 0.6 is 0 Å². The molecule has 0 unspecified atom stereocenters. The largest absolute Gasteiger partial charge is 0.452 e. The van der Waals surface area contributed by atoms with Gasteiger partial charge < -0.3 is 14.4 Å². The summed E-state index contributed by atoms with van der Waals surface area (Å²) >= 11 is 0. The molecule has 0 fully saturated rings. The number of amides is 1. The number of halogens is 2. The Kier molecular flexibility index (Phi) is 6.66. The zero-order valence-corrected chi connectivity index (χ0v) is 14.4. The molecule has 2 rings (SSSR count). The summed E-state index contributed by atoms with van der Waals surface area (Å²) in [6.07, 6.45) is 0. The molecule has 0 spiro atoms. The maximum absolute atomic E-state index is 12.1. The van der Waals surface area contributed by atoms with Gasteiger partial charge in [-0.2, -0.15) is 8.78 Å². The average Bonchev–Trinajstić information content (AvgIpc) is 2.60. The van der Waals surface area contributed by atoms with Crippen LogP contribution in [-0.2, 0) is 16.1 Å². The molecule has 2 aromatic carbocycles. The number of esters is 1. The number of ether oxygens (including phenoxy) is 2. The quantitative estimate of drug-likeness (QED) is 0.708. The summed E-state index contributed by atoms with van der Waals surface area (Å²) < 4.78 is 33.5. The first-order chi connectivity index (χ1) is 12.3. The van der Waals surface area contributed by atoms with Crippen LogP contribution in [0.25, 0.3) is 0 Å². The first-order valence-electron chi connectivity index (χ1n) is 7.86. The van der Waals surface area contributed by atoms with Crippen molar-refractivity contribution in [3.8, 4) is 5.75 Å². The summed E-state index contributed by atoms with van der Waals surface area (Å²) in [5.41, 5.74) is 2.03. The van der Waals surface area contributed by atoms with Crippen LogP contribution in [0.15, 0.2) is 48.5 Å². The molecule has 1 amide bonds. The third kappa shape index (κ3) is 5.84. The van der Waals surface area contributed by atoms with Gasteiger partial charge in [0.05, 0.1) is 5.56 Å². The SMILES string of the molecule is Cc1cccc(C(=O)OCC(=O)N(C)Cc2ccc(OC(F)F)cc2)c1. The van der Waals surface area contributed by atoms with Crippen molar-refractivity contribution < 1.29 is 27.8 Å². The molecule has 0 aliphatic rings. The zero-order valence-electron chi connectivity index (χ0n) is 14.4. The normalized spacial score (nSPS) is 10.5. The van der Waals surface area contributed by atoms with Crippen molar-refractivity contribution in [2.75, 3.05) is 13.7 Å². The van der Waals surface area contributed by atoms with E-state index in [1.165, 1.54) is 17.0 Å². The van der Waals surface area contributed by atoms with Crippen LogP contribution in [0.1, 0.15) is 21.5 Å². The van der Waals surface area contributed by atoms with Gasteiger partial charge in [0.15, 0.2) is 6.61 Å². The molecule has 7 heteroatoms. The monoisotopic (exact) mass is 363 g/mol. The van der Waals surface area contributed by atoms with E-state index in [1.807, 2.05) is 13.0 Å². The van der Waals surface area contributed by atoms with Crippen molar-refractivity contribution in [3.63, 3.8) is 0 Å². The smallest absolute Gasteiger partial charge is 0.387 e. The molecular formula is C19H19F2NO4. The lowest BCUT2D eigenvalue weighted by molar-refractivity contribution is -0.133. The molecule has 138 valence electrons. The molecule has 0 atom stereocenters. The molecule has 26 heavy (non-hydrogen) atoms. The number of likely N-dealkylation sites (N-methyl/N-ethyl adjacent to an activating group) is 1. The van der Waals surface area contributed by atoms with Crippen LogP contribution in [0.2, 0.25) is 0 Å². The number of nitrogens with zero attached hydrogens (tertiary/aromatic N) is 1. The highest BCUT2D eigenvalue weighted by Crippen LogP contribution is 2.16. The standard InChI is InChI=1S/C19H19F2NO4/c1-13-4-3-5-15(10-13)18(24)25-12-17(23)22(2)11-14-6-8-16(9-7-14)26-19(20)21/h3-10,19H,11-12H2,1-2H3. The molecule has 5 nitrogen and oxygen atoms in total. The second-order valence-electron chi connectivity index (χ2n) is 5.72. The summed E-state index contributed by atoms with van der Waals surface area (Å²) in [6, 6.07) is 12.9. The fourth-order valence-electron chi connectivity index (χ4n) is 2.23. The van der Waals surface area contributed by atoms with Gasteiger partial charge in [-0.15, -0.1) is 0 Å². The number of carbonyl (C=O) groups excluding carboxylic acids is 2. The van der Waals surface area contributed by atoms with Crippen LogP contribution in [0.3, 0.4) is 0 Å². The number of hydrogen-bond acceptors (Lipinski definition) is 4. The van der Waals surface area contributed by atoms with Crippen molar-refractivity contribution in [3.05, 3.63) is 65.2 Å². The van der Waals surface area contributed by atoms with Gasteiger partial charge in [0.25, 0.3) is 5.91 Å². The summed E-state index contributed by atoms with van der Waals surface area (Å²) in [4.78, 5) is 25.4. The summed E-state index contributed by atoms with van der Waals surface area (Å²) in [5, 5.41) is 0. The maximum Gasteiger partial charge on any atom is 0.387 e. The van der Waals surface area contributed by atoms with Gasteiger partial charge in [0.2, 0.25) is 0 Å². The first-order valence-corrected chi connectivity index (χ1v) is 7.86. The topological polar surface area (TPSA) is 55.8 Å². The van der Waals surface area contributed by atoms with E-state index in [2.05, 4.69) is 4.74 Å². The van der Waals surface area contributed by atoms with E-state index in [1.54, 1.807) is 37.4 Å². The van der Waals surface area contributed by atoms with Gasteiger partial charge in [0, 0.05) is 13.6 Å². The van der Waals surface area contributed by atoms with Crippen LogP contribution in [0.4, 0.5) is 8.78 Å². The van der Waals surface area contributed by atoms with Crippen molar-refractivity contribution in [2.45, 2.75) is 20.1 Å². The lowest BCUT2D eigenvalue weighted by atomic mass is 10.1. The first kappa shape index (κ1) is 19.4. The van der Waals surface area contributed by atoms with Crippen LogP contribution in [-0.4, -0.2) is 37.0 Å². The van der Waals surface area contributed by atoms with E-state index >= 15 is 0 Å². The minimum atomic E-state index is -2.88. The summed E-state index contributed by atoms with van der Waals surface area (Å²) in [6.45, 7) is -1.16. The third-order valence-corrected chi connectivity index (χ3v) is 3.57. The molecule has 0 aromatic heterocycles. The number of benzene rings is 2. The predicted octanol–water partition coefficient (Wildman–Crippen LogP) is 3.41. The van der Waals surface area contributed by atoms with Crippen molar-refractivity contribution >= 4 is 11.9 Å². The second-order valence-corrected chi connectivity index (χ2v) is 5.72. The summed E-state index contributed by atoms with van der Waals surface area (Å²) in [5.74, 6) is -0.896. The average molecular weight is 363 g/mol. The minimum absolute atomic E-state index is 0.0461. The molecule has 2 aromatic rings. The molecule has 0 saturated carbocycles. The number of hydrogen-bond donors (Lipinski definition) is 0. The van der Waals surface area contributed by atoms with E-state index < -0.39 is 12.6 Å². The second kappa shape index (κ2) is 8.94. The molecule has 0 N–H and O–H groups in total. The number of aryl methyl sites for hydroxylation is 1.